The monoisotopic (exact) mass is 403 g/mol. The van der Waals surface area contributed by atoms with E-state index in [1.54, 1.807) is 4.90 Å². The van der Waals surface area contributed by atoms with E-state index >= 15 is 0 Å². The fourth-order valence-electron chi connectivity index (χ4n) is 5.67. The van der Waals surface area contributed by atoms with E-state index < -0.39 is 0 Å². The third-order valence-electron chi connectivity index (χ3n) is 7.56. The van der Waals surface area contributed by atoms with Gasteiger partial charge in [0.1, 0.15) is 6.54 Å². The molecule has 164 valence electrons. The summed E-state index contributed by atoms with van der Waals surface area (Å²) in [7, 11) is 3.62. The molecule has 0 bridgehead atoms. The molecule has 2 aliphatic carbocycles. The van der Waals surface area contributed by atoms with Crippen molar-refractivity contribution in [2.45, 2.75) is 76.3 Å². The summed E-state index contributed by atoms with van der Waals surface area (Å²) in [5.41, 5.74) is 0. The highest BCUT2D eigenvalue weighted by atomic mass is 16.2. The number of hydrogen-bond donors (Lipinski definition) is 1. The SMILES string of the molecule is CN(C)C(=O)CN=C(NCC1CCCCC1)N1CCC2C(CCCN2C2CC2)C1. The lowest BCUT2D eigenvalue weighted by Crippen LogP contribution is -2.57. The fraction of sp³-hybridized carbons (Fsp3) is 0.913. The van der Waals surface area contributed by atoms with Gasteiger partial charge in [-0.15, -0.1) is 0 Å². The molecule has 6 nitrogen and oxygen atoms in total. The van der Waals surface area contributed by atoms with E-state index in [9.17, 15) is 4.79 Å². The lowest BCUT2D eigenvalue weighted by atomic mass is 9.83. The quantitative estimate of drug-likeness (QED) is 0.566. The average Bonchev–Trinajstić information content (AvgIpc) is 3.58. The minimum absolute atomic E-state index is 0.0782. The number of aliphatic imine (C=N–C) groups is 1. The first-order valence-electron chi connectivity index (χ1n) is 12.1. The molecule has 2 saturated carbocycles. The molecule has 4 rings (SSSR count). The second-order valence-corrected chi connectivity index (χ2v) is 9.99. The van der Waals surface area contributed by atoms with Crippen molar-refractivity contribution in [3.63, 3.8) is 0 Å². The van der Waals surface area contributed by atoms with Gasteiger partial charge in [-0.25, -0.2) is 4.99 Å². The van der Waals surface area contributed by atoms with Gasteiger partial charge in [-0.05, 0) is 63.3 Å². The zero-order chi connectivity index (χ0) is 20.2. The van der Waals surface area contributed by atoms with Crippen LogP contribution in [0.1, 0.15) is 64.2 Å². The number of carbonyl (C=O) groups excluding carboxylic acids is 1. The molecule has 2 aliphatic heterocycles. The number of hydrogen-bond acceptors (Lipinski definition) is 3. The summed E-state index contributed by atoms with van der Waals surface area (Å²) in [6.07, 6.45) is 13.5. The first-order valence-corrected chi connectivity index (χ1v) is 12.1. The van der Waals surface area contributed by atoms with E-state index in [1.165, 1.54) is 70.8 Å². The molecule has 29 heavy (non-hydrogen) atoms. The predicted octanol–water partition coefficient (Wildman–Crippen LogP) is 2.55. The Morgan fingerprint density at radius 3 is 2.52 bits per heavy atom. The van der Waals surface area contributed by atoms with Crippen molar-refractivity contribution in [3.05, 3.63) is 0 Å². The Labute approximate surface area is 177 Å². The summed E-state index contributed by atoms with van der Waals surface area (Å²) >= 11 is 0. The number of guanidine groups is 1. The second-order valence-electron chi connectivity index (χ2n) is 9.99. The Kier molecular flexibility index (Phi) is 6.99. The molecule has 0 aromatic heterocycles. The minimum atomic E-state index is 0.0782. The number of nitrogens with one attached hydrogen (secondary N) is 1. The molecule has 2 saturated heterocycles. The Morgan fingerprint density at radius 1 is 1.00 bits per heavy atom. The topological polar surface area (TPSA) is 51.2 Å². The number of piperidine rings is 2. The molecule has 2 unspecified atom stereocenters. The lowest BCUT2D eigenvalue weighted by Gasteiger charge is -2.48. The van der Waals surface area contributed by atoms with E-state index in [0.717, 1.165) is 49.5 Å². The first-order chi connectivity index (χ1) is 14.1. The molecule has 1 N–H and O–H groups in total. The van der Waals surface area contributed by atoms with Crippen LogP contribution in [0.5, 0.6) is 0 Å². The number of rotatable bonds is 5. The van der Waals surface area contributed by atoms with Crippen molar-refractivity contribution in [1.29, 1.82) is 0 Å². The summed E-state index contributed by atoms with van der Waals surface area (Å²) in [5.74, 6) is 2.57. The second kappa shape index (κ2) is 9.67. The van der Waals surface area contributed by atoms with Gasteiger partial charge in [0, 0.05) is 45.8 Å². The molecule has 0 radical (unpaired) electrons. The van der Waals surface area contributed by atoms with E-state index in [2.05, 4.69) is 15.1 Å². The molecule has 4 fully saturated rings. The molecular weight excluding hydrogens is 362 g/mol. The van der Waals surface area contributed by atoms with E-state index in [-0.39, 0.29) is 12.5 Å². The maximum Gasteiger partial charge on any atom is 0.243 e. The molecule has 1 amide bonds. The largest absolute Gasteiger partial charge is 0.356 e. The number of nitrogens with zero attached hydrogens (tertiary/aromatic N) is 4. The molecule has 0 aromatic rings. The van der Waals surface area contributed by atoms with Crippen LogP contribution in [-0.4, -0.2) is 85.5 Å². The van der Waals surface area contributed by atoms with E-state index in [0.29, 0.717) is 0 Å². The van der Waals surface area contributed by atoms with Crippen LogP contribution in [0.2, 0.25) is 0 Å². The zero-order valence-electron chi connectivity index (χ0n) is 18.6. The van der Waals surface area contributed by atoms with Crippen LogP contribution >= 0.6 is 0 Å². The Morgan fingerprint density at radius 2 is 1.79 bits per heavy atom. The fourth-order valence-corrected chi connectivity index (χ4v) is 5.67. The Balaban J connectivity index is 1.39. The van der Waals surface area contributed by atoms with Crippen molar-refractivity contribution in [3.8, 4) is 0 Å². The highest BCUT2D eigenvalue weighted by Crippen LogP contribution is 2.38. The normalized spacial score (nSPS) is 29.4. The predicted molar refractivity (Wildman–Crippen MR) is 118 cm³/mol. The van der Waals surface area contributed by atoms with Crippen LogP contribution in [0, 0.1) is 11.8 Å². The Bertz CT molecular complexity index is 582. The van der Waals surface area contributed by atoms with Gasteiger partial charge in [-0.3, -0.25) is 9.69 Å². The molecule has 6 heteroatoms. The van der Waals surface area contributed by atoms with Crippen LogP contribution in [-0.2, 0) is 4.79 Å². The smallest absolute Gasteiger partial charge is 0.243 e. The third-order valence-corrected chi connectivity index (χ3v) is 7.56. The average molecular weight is 404 g/mol. The van der Waals surface area contributed by atoms with Crippen LogP contribution in [0.25, 0.3) is 0 Å². The van der Waals surface area contributed by atoms with Crippen LogP contribution in [0.3, 0.4) is 0 Å². The summed E-state index contributed by atoms with van der Waals surface area (Å²) < 4.78 is 0. The van der Waals surface area contributed by atoms with Gasteiger partial charge in [0.15, 0.2) is 5.96 Å². The van der Waals surface area contributed by atoms with E-state index in [4.69, 9.17) is 4.99 Å². The Hall–Kier alpha value is -1.30. The van der Waals surface area contributed by atoms with Gasteiger partial charge >= 0.3 is 0 Å². The summed E-state index contributed by atoms with van der Waals surface area (Å²) in [6, 6.07) is 1.65. The van der Waals surface area contributed by atoms with Crippen molar-refractivity contribution >= 4 is 11.9 Å². The van der Waals surface area contributed by atoms with Crippen LogP contribution < -0.4 is 5.32 Å². The molecule has 0 spiro atoms. The zero-order valence-corrected chi connectivity index (χ0v) is 18.6. The number of fused-ring (bicyclic) bond motifs is 1. The molecule has 0 aromatic carbocycles. The highest BCUT2D eigenvalue weighted by molar-refractivity contribution is 5.85. The van der Waals surface area contributed by atoms with Crippen LogP contribution in [0.15, 0.2) is 4.99 Å². The first kappa shape index (κ1) is 21.0. The molecular formula is C23H41N5O. The van der Waals surface area contributed by atoms with Gasteiger partial charge in [0.2, 0.25) is 5.91 Å². The van der Waals surface area contributed by atoms with Crippen molar-refractivity contribution in [2.75, 3.05) is 46.8 Å². The summed E-state index contributed by atoms with van der Waals surface area (Å²) in [4.78, 5) is 23.9. The van der Waals surface area contributed by atoms with Crippen LogP contribution in [0.4, 0.5) is 0 Å². The number of likely N-dealkylation sites (tertiary alicyclic amines) is 2. The maximum absolute atomic E-state index is 12.2. The van der Waals surface area contributed by atoms with Gasteiger partial charge < -0.3 is 15.1 Å². The van der Waals surface area contributed by atoms with Gasteiger partial charge in [-0.1, -0.05) is 19.3 Å². The van der Waals surface area contributed by atoms with Crippen molar-refractivity contribution in [1.82, 2.24) is 20.0 Å². The van der Waals surface area contributed by atoms with Crippen molar-refractivity contribution < 1.29 is 4.79 Å². The maximum atomic E-state index is 12.2. The standard InChI is InChI=1S/C23H41N5O/c1-26(2)22(29)16-25-23(24-15-18-7-4-3-5-8-18)27-14-12-21-19(17-27)9-6-13-28(21)20-10-11-20/h18-21H,3-17H2,1-2H3,(H,24,25). The van der Waals surface area contributed by atoms with Gasteiger partial charge in [-0.2, -0.15) is 0 Å². The molecule has 2 heterocycles. The lowest BCUT2D eigenvalue weighted by molar-refractivity contribution is -0.127. The third kappa shape index (κ3) is 5.44. The summed E-state index contributed by atoms with van der Waals surface area (Å²) in [5, 5.41) is 3.69. The number of likely N-dealkylation sites (N-methyl/N-ethyl adjacent to an activating group) is 1. The molecule has 4 aliphatic rings. The van der Waals surface area contributed by atoms with E-state index in [1.807, 2.05) is 14.1 Å². The molecule has 2 atom stereocenters. The highest BCUT2D eigenvalue weighted by Gasteiger charge is 2.42. The van der Waals surface area contributed by atoms with Gasteiger partial charge in [0.05, 0.1) is 0 Å². The van der Waals surface area contributed by atoms with Gasteiger partial charge in [0.25, 0.3) is 0 Å². The number of carbonyl (C=O) groups is 1. The summed E-state index contributed by atoms with van der Waals surface area (Å²) in [6.45, 7) is 4.73. The number of amides is 1. The van der Waals surface area contributed by atoms with Crippen molar-refractivity contribution in [2.24, 2.45) is 16.8 Å². The minimum Gasteiger partial charge on any atom is -0.356 e.